The minimum absolute atomic E-state index is 0.310. The second-order valence-corrected chi connectivity index (χ2v) is 2.36. The van der Waals surface area contributed by atoms with E-state index in [9.17, 15) is 4.79 Å². The molecule has 3 rings (SSSR count). The summed E-state index contributed by atoms with van der Waals surface area (Å²) in [6.07, 6.45) is 5.41. The number of hydrogen-bond acceptors (Lipinski definition) is 7. The minimum Gasteiger partial charge on any atom is -0.431 e. The Balaban J connectivity index is 0.000000144. The maximum Gasteiger partial charge on any atom is 0.271 e. The standard InChI is InChI=1S/C5H2N4O.C2H2N2O/c10-4-2-1-3-5(6-4)8-9-7-3;1-3-4-2-5-1/h1-2H;1-2H. The Morgan fingerprint density at radius 1 is 1.13 bits per heavy atom. The molecule has 1 aromatic rings. The number of aliphatic imine (C=N–C) groups is 1. The highest BCUT2D eigenvalue weighted by Crippen LogP contribution is 2.05. The van der Waals surface area contributed by atoms with E-state index in [2.05, 4.69) is 35.0 Å². The van der Waals surface area contributed by atoms with Gasteiger partial charge in [0.05, 0.1) is 0 Å². The molecule has 0 saturated carbocycles. The monoisotopic (exact) mass is 204 g/mol. The van der Waals surface area contributed by atoms with Crippen molar-refractivity contribution in [1.82, 2.24) is 10.2 Å². The van der Waals surface area contributed by atoms with Crippen molar-refractivity contribution < 1.29 is 9.21 Å². The average Bonchev–Trinajstić information content (AvgIpc) is 2.91. The fourth-order valence-corrected chi connectivity index (χ4v) is 0.824. The van der Waals surface area contributed by atoms with Gasteiger partial charge < -0.3 is 4.42 Å². The summed E-state index contributed by atoms with van der Waals surface area (Å²) >= 11 is 0. The number of aromatic nitrogens is 2. The minimum atomic E-state index is -0.310. The molecule has 1 aromatic heterocycles. The molecule has 0 N–H and O–H groups in total. The van der Waals surface area contributed by atoms with Crippen molar-refractivity contribution in [3.05, 3.63) is 24.9 Å². The van der Waals surface area contributed by atoms with Crippen LogP contribution in [0.15, 0.2) is 49.8 Å². The van der Waals surface area contributed by atoms with Crippen molar-refractivity contribution in [2.45, 2.75) is 0 Å². The van der Waals surface area contributed by atoms with Crippen molar-refractivity contribution in [2.75, 3.05) is 0 Å². The van der Waals surface area contributed by atoms with Gasteiger partial charge in [0.1, 0.15) is 5.71 Å². The molecule has 0 spiro atoms. The van der Waals surface area contributed by atoms with Crippen LogP contribution in [0.25, 0.3) is 0 Å². The zero-order valence-electron chi connectivity index (χ0n) is 7.31. The predicted octanol–water partition coefficient (Wildman–Crippen LogP) is 0.373. The highest BCUT2D eigenvalue weighted by Gasteiger charge is 2.16. The predicted molar refractivity (Wildman–Crippen MR) is 48.2 cm³/mol. The van der Waals surface area contributed by atoms with Gasteiger partial charge in [-0.15, -0.1) is 20.4 Å². The molecule has 0 fully saturated rings. The number of carbonyl (C=O) groups excluding carboxylic acids is 1. The van der Waals surface area contributed by atoms with E-state index in [0.29, 0.717) is 11.5 Å². The van der Waals surface area contributed by atoms with Crippen LogP contribution in [0, 0.1) is 0 Å². The van der Waals surface area contributed by atoms with Gasteiger partial charge in [0.2, 0.25) is 18.6 Å². The van der Waals surface area contributed by atoms with Crippen LogP contribution in [0.2, 0.25) is 0 Å². The third-order valence-electron chi connectivity index (χ3n) is 1.40. The number of carbonyl (C=O) groups is 1. The Morgan fingerprint density at radius 2 is 1.93 bits per heavy atom. The topological polar surface area (TPSA) is 105 Å². The van der Waals surface area contributed by atoms with Crippen LogP contribution in [0.1, 0.15) is 0 Å². The van der Waals surface area contributed by atoms with Crippen LogP contribution in [0.3, 0.4) is 0 Å². The van der Waals surface area contributed by atoms with Crippen molar-refractivity contribution in [2.24, 2.45) is 20.4 Å². The van der Waals surface area contributed by atoms with Gasteiger partial charge in [-0.25, -0.2) is 0 Å². The van der Waals surface area contributed by atoms with Gasteiger partial charge in [-0.3, -0.25) is 4.79 Å². The molecule has 0 radical (unpaired) electrons. The smallest absolute Gasteiger partial charge is 0.271 e. The number of fused-ring (bicyclic) bond motifs is 1. The lowest BCUT2D eigenvalue weighted by Gasteiger charge is -1.94. The van der Waals surface area contributed by atoms with Crippen molar-refractivity contribution in [1.29, 1.82) is 0 Å². The summed E-state index contributed by atoms with van der Waals surface area (Å²) in [7, 11) is 0. The summed E-state index contributed by atoms with van der Waals surface area (Å²) in [5, 5.41) is 17.1. The lowest BCUT2D eigenvalue weighted by atomic mass is 10.2. The van der Waals surface area contributed by atoms with Crippen molar-refractivity contribution in [3.63, 3.8) is 0 Å². The summed E-state index contributed by atoms with van der Waals surface area (Å²) in [5.41, 5.74) is 0.555. The summed E-state index contributed by atoms with van der Waals surface area (Å²) in [6.45, 7) is 0. The third kappa shape index (κ3) is 2.24. The number of amides is 1. The molecule has 0 bridgehead atoms. The quantitative estimate of drug-likeness (QED) is 0.608. The lowest BCUT2D eigenvalue weighted by Crippen LogP contribution is -2.12. The van der Waals surface area contributed by atoms with E-state index in [0.717, 1.165) is 0 Å². The molecule has 3 heterocycles. The molecule has 0 saturated heterocycles. The van der Waals surface area contributed by atoms with E-state index in [-0.39, 0.29) is 5.91 Å². The maximum atomic E-state index is 10.6. The number of nitrogens with zero attached hydrogens (tertiary/aromatic N) is 6. The molecule has 0 aliphatic carbocycles. The Hall–Kier alpha value is -2.51. The first kappa shape index (κ1) is 9.06. The van der Waals surface area contributed by atoms with Crippen molar-refractivity contribution in [3.8, 4) is 0 Å². The molecule has 1 amide bonds. The van der Waals surface area contributed by atoms with E-state index in [1.165, 1.54) is 18.9 Å². The van der Waals surface area contributed by atoms with Crippen LogP contribution in [0.5, 0.6) is 0 Å². The SMILES string of the molecule is O=C1C=CC2=NN=NC2=N1.c1nnco1. The Morgan fingerprint density at radius 3 is 2.60 bits per heavy atom. The van der Waals surface area contributed by atoms with Crippen LogP contribution < -0.4 is 0 Å². The van der Waals surface area contributed by atoms with Gasteiger partial charge in [0.15, 0.2) is 0 Å². The first-order valence-electron chi connectivity index (χ1n) is 3.85. The van der Waals surface area contributed by atoms with Gasteiger partial charge in [0.25, 0.3) is 5.91 Å². The second kappa shape index (κ2) is 4.13. The number of amidine groups is 1. The van der Waals surface area contributed by atoms with E-state index < -0.39 is 0 Å². The maximum absolute atomic E-state index is 10.6. The largest absolute Gasteiger partial charge is 0.431 e. The van der Waals surface area contributed by atoms with Crippen LogP contribution >= 0.6 is 0 Å². The zero-order valence-corrected chi connectivity index (χ0v) is 7.31. The fraction of sp³-hybridized carbons (Fsp3) is 0. The molecule has 15 heavy (non-hydrogen) atoms. The highest BCUT2D eigenvalue weighted by molar-refractivity contribution is 6.49. The highest BCUT2D eigenvalue weighted by atomic mass is 16.3. The normalized spacial score (nSPS) is 16.4. The van der Waals surface area contributed by atoms with Gasteiger partial charge in [-0.1, -0.05) is 0 Å². The molecule has 2 aliphatic rings. The molecule has 2 aliphatic heterocycles. The molecule has 8 nitrogen and oxygen atoms in total. The Labute approximate surface area is 83.1 Å². The van der Waals surface area contributed by atoms with Gasteiger partial charge in [-0.05, 0) is 11.3 Å². The fourth-order valence-electron chi connectivity index (χ4n) is 0.824. The Bertz CT molecular complexity index is 452. The molecule has 74 valence electrons. The zero-order chi connectivity index (χ0) is 10.5. The first-order chi connectivity index (χ1) is 7.36. The summed E-state index contributed by atoms with van der Waals surface area (Å²) in [4.78, 5) is 14.1. The van der Waals surface area contributed by atoms with Gasteiger partial charge in [-0.2, -0.15) is 4.99 Å². The number of rotatable bonds is 0. The average molecular weight is 204 g/mol. The molecular weight excluding hydrogens is 200 g/mol. The second-order valence-electron chi connectivity index (χ2n) is 2.36. The van der Waals surface area contributed by atoms with E-state index in [1.54, 1.807) is 6.08 Å². The molecule has 0 unspecified atom stereocenters. The number of hydrogen-bond donors (Lipinski definition) is 0. The van der Waals surface area contributed by atoms with Gasteiger partial charge >= 0.3 is 0 Å². The molecule has 8 heteroatoms. The van der Waals surface area contributed by atoms with Crippen LogP contribution in [-0.4, -0.2) is 27.7 Å². The molecular formula is C7H4N6O2. The van der Waals surface area contributed by atoms with Gasteiger partial charge in [0, 0.05) is 6.08 Å². The van der Waals surface area contributed by atoms with Crippen LogP contribution in [-0.2, 0) is 4.79 Å². The van der Waals surface area contributed by atoms with E-state index in [4.69, 9.17) is 0 Å². The summed E-state index contributed by atoms with van der Waals surface area (Å²) in [6, 6.07) is 0. The summed E-state index contributed by atoms with van der Waals surface area (Å²) < 4.78 is 4.36. The van der Waals surface area contributed by atoms with E-state index >= 15 is 0 Å². The third-order valence-corrected chi connectivity index (χ3v) is 1.40. The summed E-state index contributed by atoms with van der Waals surface area (Å²) in [5.74, 6) is 0.00213. The first-order valence-corrected chi connectivity index (χ1v) is 3.85. The van der Waals surface area contributed by atoms with E-state index in [1.807, 2.05) is 0 Å². The van der Waals surface area contributed by atoms with Crippen LogP contribution in [0.4, 0.5) is 0 Å². The molecule has 0 atom stereocenters. The molecule has 0 aromatic carbocycles. The van der Waals surface area contributed by atoms with Crippen molar-refractivity contribution >= 4 is 17.5 Å². The Kier molecular flexibility index (Phi) is 2.50. The number of dihydropyridines is 1. The lowest BCUT2D eigenvalue weighted by molar-refractivity contribution is -0.113.